The third-order valence-corrected chi connectivity index (χ3v) is 2.32. The Hall–Kier alpha value is -1.18. The highest BCUT2D eigenvalue weighted by Crippen LogP contribution is 2.15. The quantitative estimate of drug-likeness (QED) is 0.742. The lowest BCUT2D eigenvalue weighted by Gasteiger charge is -2.05. The molecule has 0 saturated carbocycles. The highest BCUT2D eigenvalue weighted by molar-refractivity contribution is 7.09. The predicted molar refractivity (Wildman–Crippen MR) is 53.4 cm³/mol. The Morgan fingerprint density at radius 3 is 3.15 bits per heavy atom. The maximum atomic E-state index is 8.83. The largest absolute Gasteiger partial charge is 0.293 e. The summed E-state index contributed by atoms with van der Waals surface area (Å²) in [6, 6.07) is 1.84. The van der Waals surface area contributed by atoms with Crippen LogP contribution in [0.5, 0.6) is 0 Å². The van der Waals surface area contributed by atoms with Gasteiger partial charge in [-0.15, -0.1) is 17.9 Å². The monoisotopic (exact) mass is 193 g/mol. The molecule has 1 rings (SSSR count). The standard InChI is InChI=1S/C9H11N3S/c1-3-4-11-8(5-10)9-6-13-7(2)12-9/h3,6,8,11H,1,4H2,2H3. The van der Waals surface area contributed by atoms with E-state index in [4.69, 9.17) is 5.26 Å². The predicted octanol–water partition coefficient (Wildman–Crippen LogP) is 1.79. The maximum absolute atomic E-state index is 8.83. The van der Waals surface area contributed by atoms with Crippen LogP contribution in [0.2, 0.25) is 0 Å². The van der Waals surface area contributed by atoms with Crippen molar-refractivity contribution in [1.82, 2.24) is 10.3 Å². The van der Waals surface area contributed by atoms with Crippen LogP contribution in [-0.2, 0) is 0 Å². The summed E-state index contributed by atoms with van der Waals surface area (Å²) in [7, 11) is 0. The number of rotatable bonds is 4. The highest BCUT2D eigenvalue weighted by atomic mass is 32.1. The molecule has 0 aromatic carbocycles. The highest BCUT2D eigenvalue weighted by Gasteiger charge is 2.11. The first kappa shape index (κ1) is 9.90. The normalized spacial score (nSPS) is 12.0. The van der Waals surface area contributed by atoms with Crippen LogP contribution in [0.15, 0.2) is 18.0 Å². The van der Waals surface area contributed by atoms with E-state index in [1.54, 1.807) is 17.4 Å². The molecule has 0 aliphatic carbocycles. The molecule has 0 fully saturated rings. The molecule has 1 aromatic heterocycles. The van der Waals surface area contributed by atoms with E-state index in [1.165, 1.54) is 0 Å². The number of hydrogen-bond donors (Lipinski definition) is 1. The van der Waals surface area contributed by atoms with Crippen molar-refractivity contribution in [2.24, 2.45) is 0 Å². The second-order valence-corrected chi connectivity index (χ2v) is 3.61. The van der Waals surface area contributed by atoms with Gasteiger partial charge in [-0.25, -0.2) is 4.98 Å². The van der Waals surface area contributed by atoms with Crippen molar-refractivity contribution in [3.63, 3.8) is 0 Å². The van der Waals surface area contributed by atoms with Crippen molar-refractivity contribution in [2.45, 2.75) is 13.0 Å². The molecule has 4 heteroatoms. The van der Waals surface area contributed by atoms with Gasteiger partial charge in [0.2, 0.25) is 0 Å². The van der Waals surface area contributed by atoms with E-state index >= 15 is 0 Å². The van der Waals surface area contributed by atoms with Crippen LogP contribution < -0.4 is 5.32 Å². The Kier molecular flexibility index (Phi) is 3.62. The first-order chi connectivity index (χ1) is 6.27. The summed E-state index contributed by atoms with van der Waals surface area (Å²) < 4.78 is 0. The first-order valence-electron chi connectivity index (χ1n) is 3.94. The van der Waals surface area contributed by atoms with Gasteiger partial charge in [0.05, 0.1) is 16.8 Å². The summed E-state index contributed by atoms with van der Waals surface area (Å²) in [5, 5.41) is 14.7. The van der Waals surface area contributed by atoms with Crippen LogP contribution >= 0.6 is 11.3 Å². The van der Waals surface area contributed by atoms with Gasteiger partial charge in [0, 0.05) is 11.9 Å². The van der Waals surface area contributed by atoms with Gasteiger partial charge in [0.25, 0.3) is 0 Å². The molecule has 0 aliphatic heterocycles. The lowest BCUT2D eigenvalue weighted by atomic mass is 10.2. The number of aromatic nitrogens is 1. The lowest BCUT2D eigenvalue weighted by Crippen LogP contribution is -2.19. The number of aryl methyl sites for hydroxylation is 1. The number of hydrogen-bond acceptors (Lipinski definition) is 4. The van der Waals surface area contributed by atoms with Gasteiger partial charge in [-0.1, -0.05) is 6.08 Å². The SMILES string of the molecule is C=CCNC(C#N)c1csc(C)n1. The third kappa shape index (κ3) is 2.65. The maximum Gasteiger partial charge on any atom is 0.139 e. The molecule has 1 N–H and O–H groups in total. The van der Waals surface area contributed by atoms with Gasteiger partial charge < -0.3 is 0 Å². The van der Waals surface area contributed by atoms with Crippen molar-refractivity contribution < 1.29 is 0 Å². The molecule has 0 spiro atoms. The second-order valence-electron chi connectivity index (χ2n) is 2.55. The summed E-state index contributed by atoms with van der Waals surface area (Å²) in [4.78, 5) is 4.23. The Morgan fingerprint density at radius 1 is 1.92 bits per heavy atom. The van der Waals surface area contributed by atoms with E-state index in [0.29, 0.717) is 6.54 Å². The van der Waals surface area contributed by atoms with Crippen LogP contribution in [0, 0.1) is 18.3 Å². The molecule has 0 aliphatic rings. The molecular formula is C9H11N3S. The van der Waals surface area contributed by atoms with Crippen LogP contribution in [-0.4, -0.2) is 11.5 Å². The van der Waals surface area contributed by atoms with Crippen molar-refractivity contribution in [2.75, 3.05) is 6.54 Å². The molecular weight excluding hydrogens is 182 g/mol. The minimum atomic E-state index is -0.317. The molecule has 0 amide bonds. The molecule has 1 aromatic rings. The summed E-state index contributed by atoms with van der Waals surface area (Å²) in [6.45, 7) is 6.12. The summed E-state index contributed by atoms with van der Waals surface area (Å²) in [6.07, 6.45) is 1.73. The molecule has 1 unspecified atom stereocenters. The van der Waals surface area contributed by atoms with Crippen molar-refractivity contribution >= 4 is 11.3 Å². The van der Waals surface area contributed by atoms with E-state index in [2.05, 4.69) is 22.9 Å². The third-order valence-electron chi connectivity index (χ3n) is 1.53. The minimum Gasteiger partial charge on any atom is -0.293 e. The van der Waals surface area contributed by atoms with Crippen LogP contribution in [0.1, 0.15) is 16.7 Å². The minimum absolute atomic E-state index is 0.317. The topological polar surface area (TPSA) is 48.7 Å². The zero-order chi connectivity index (χ0) is 9.68. The molecule has 0 saturated heterocycles. The fraction of sp³-hybridized carbons (Fsp3) is 0.333. The fourth-order valence-electron chi connectivity index (χ4n) is 0.930. The van der Waals surface area contributed by atoms with E-state index in [0.717, 1.165) is 10.7 Å². The molecule has 1 heterocycles. The smallest absolute Gasteiger partial charge is 0.139 e. The first-order valence-corrected chi connectivity index (χ1v) is 4.82. The van der Waals surface area contributed by atoms with E-state index < -0.39 is 0 Å². The molecule has 0 radical (unpaired) electrons. The average molecular weight is 193 g/mol. The van der Waals surface area contributed by atoms with Gasteiger partial charge in [-0.3, -0.25) is 5.32 Å². The Morgan fingerprint density at radius 2 is 2.69 bits per heavy atom. The van der Waals surface area contributed by atoms with Gasteiger partial charge in [0.15, 0.2) is 0 Å². The second kappa shape index (κ2) is 4.75. The summed E-state index contributed by atoms with van der Waals surface area (Å²) >= 11 is 1.55. The van der Waals surface area contributed by atoms with Crippen LogP contribution in [0.3, 0.4) is 0 Å². The van der Waals surface area contributed by atoms with Gasteiger partial charge in [0.1, 0.15) is 6.04 Å². The molecule has 68 valence electrons. The van der Waals surface area contributed by atoms with Gasteiger partial charge in [-0.05, 0) is 6.92 Å². The number of nitrogens with one attached hydrogen (secondary N) is 1. The zero-order valence-corrected chi connectivity index (χ0v) is 8.27. The van der Waals surface area contributed by atoms with Crippen molar-refractivity contribution in [3.8, 4) is 6.07 Å². The molecule has 13 heavy (non-hydrogen) atoms. The Labute approximate surface area is 81.7 Å². The van der Waals surface area contributed by atoms with Crippen LogP contribution in [0.25, 0.3) is 0 Å². The Balaban J connectivity index is 2.68. The number of thiazole rings is 1. The molecule has 1 atom stereocenters. The van der Waals surface area contributed by atoms with E-state index in [-0.39, 0.29) is 6.04 Å². The zero-order valence-electron chi connectivity index (χ0n) is 7.45. The summed E-state index contributed by atoms with van der Waals surface area (Å²) in [5.41, 5.74) is 0.798. The molecule has 3 nitrogen and oxygen atoms in total. The fourth-order valence-corrected chi connectivity index (χ4v) is 1.57. The summed E-state index contributed by atoms with van der Waals surface area (Å²) in [5.74, 6) is 0. The van der Waals surface area contributed by atoms with E-state index in [1.807, 2.05) is 12.3 Å². The van der Waals surface area contributed by atoms with Gasteiger partial charge >= 0.3 is 0 Å². The number of nitriles is 1. The number of nitrogens with zero attached hydrogens (tertiary/aromatic N) is 2. The van der Waals surface area contributed by atoms with Crippen LogP contribution in [0.4, 0.5) is 0 Å². The molecule has 0 bridgehead atoms. The van der Waals surface area contributed by atoms with E-state index in [9.17, 15) is 0 Å². The van der Waals surface area contributed by atoms with Crippen molar-refractivity contribution in [3.05, 3.63) is 28.7 Å². The van der Waals surface area contributed by atoms with Gasteiger partial charge in [-0.2, -0.15) is 5.26 Å². The Bertz CT molecular complexity index is 324. The lowest BCUT2D eigenvalue weighted by molar-refractivity contribution is 0.668. The van der Waals surface area contributed by atoms with Crippen molar-refractivity contribution in [1.29, 1.82) is 5.26 Å². The average Bonchev–Trinajstić information content (AvgIpc) is 2.54.